The Hall–Kier alpha value is -2.04. The normalized spacial score (nSPS) is 16.6. The molecule has 0 atom stereocenters. The fraction of sp³-hybridized carbons (Fsp3) is 0.429. The Kier molecular flexibility index (Phi) is 3.35. The van der Waals surface area contributed by atoms with Gasteiger partial charge in [0.15, 0.2) is 0 Å². The summed E-state index contributed by atoms with van der Waals surface area (Å²) in [5.74, 6) is 0.977. The van der Waals surface area contributed by atoms with Gasteiger partial charge in [0.2, 0.25) is 0 Å². The first-order chi connectivity index (χ1) is 9.31. The van der Waals surface area contributed by atoms with Gasteiger partial charge in [-0.3, -0.25) is 9.67 Å². The van der Waals surface area contributed by atoms with Gasteiger partial charge in [0.05, 0.1) is 0 Å². The Bertz CT molecular complexity index is 514. The number of anilines is 2. The molecule has 1 aliphatic rings. The summed E-state index contributed by atoms with van der Waals surface area (Å²) in [5.41, 5.74) is 1.27. The number of pyridine rings is 1. The van der Waals surface area contributed by atoms with Crippen molar-refractivity contribution in [2.75, 3.05) is 23.3 Å². The molecule has 0 saturated carbocycles. The largest absolute Gasteiger partial charge is 0.371 e. The maximum atomic E-state index is 4.37. The molecule has 0 bridgehead atoms. The van der Waals surface area contributed by atoms with Gasteiger partial charge in [-0.05, 0) is 25.0 Å². The van der Waals surface area contributed by atoms with E-state index in [0.29, 0.717) is 6.04 Å². The van der Waals surface area contributed by atoms with Crippen LogP contribution in [-0.4, -0.2) is 33.9 Å². The molecule has 100 valence electrons. The van der Waals surface area contributed by atoms with Crippen molar-refractivity contribution in [2.24, 2.45) is 7.05 Å². The summed E-state index contributed by atoms with van der Waals surface area (Å²) in [7, 11) is 1.94. The lowest BCUT2D eigenvalue weighted by atomic mass is 10.0. The van der Waals surface area contributed by atoms with Crippen LogP contribution < -0.4 is 10.2 Å². The van der Waals surface area contributed by atoms with Gasteiger partial charge < -0.3 is 10.2 Å². The smallest absolute Gasteiger partial charge is 0.148 e. The lowest BCUT2D eigenvalue weighted by Gasteiger charge is -2.33. The fourth-order valence-electron chi connectivity index (χ4n) is 2.54. The molecular formula is C14H19N5. The number of piperidine rings is 1. The quantitative estimate of drug-likeness (QED) is 0.912. The van der Waals surface area contributed by atoms with Crippen molar-refractivity contribution < 1.29 is 0 Å². The molecule has 1 saturated heterocycles. The van der Waals surface area contributed by atoms with Crippen LogP contribution in [0.5, 0.6) is 0 Å². The summed E-state index contributed by atoms with van der Waals surface area (Å²) in [4.78, 5) is 6.48. The van der Waals surface area contributed by atoms with Crippen molar-refractivity contribution in [1.82, 2.24) is 14.8 Å². The molecule has 1 N–H and O–H groups in total. The highest BCUT2D eigenvalue weighted by Gasteiger charge is 2.19. The second-order valence-corrected chi connectivity index (χ2v) is 4.99. The monoisotopic (exact) mass is 257 g/mol. The number of hydrogen-bond donors (Lipinski definition) is 1. The summed E-state index contributed by atoms with van der Waals surface area (Å²) in [5, 5.41) is 7.87. The second kappa shape index (κ2) is 5.30. The van der Waals surface area contributed by atoms with E-state index in [9.17, 15) is 0 Å². The Morgan fingerprint density at radius 1 is 1.16 bits per heavy atom. The van der Waals surface area contributed by atoms with Gasteiger partial charge >= 0.3 is 0 Å². The highest BCUT2D eigenvalue weighted by atomic mass is 15.3. The molecule has 0 radical (unpaired) electrons. The van der Waals surface area contributed by atoms with Crippen molar-refractivity contribution in [3.05, 3.63) is 36.8 Å². The zero-order chi connectivity index (χ0) is 13.1. The lowest BCUT2D eigenvalue weighted by Crippen LogP contribution is -2.39. The Morgan fingerprint density at radius 3 is 2.53 bits per heavy atom. The number of aryl methyl sites for hydroxylation is 1. The number of aromatic nitrogens is 3. The number of nitrogens with zero attached hydrogens (tertiary/aromatic N) is 4. The standard InChI is InChI=1S/C14H19N5/c1-18-9-6-14(17-18)16-12-4-10-19(11-5-12)13-2-7-15-8-3-13/h2-3,6-9,12H,4-5,10-11H2,1H3,(H,16,17). The predicted octanol–water partition coefficient (Wildman–Crippen LogP) is 1.90. The minimum atomic E-state index is 0.521. The molecule has 0 amide bonds. The first-order valence-electron chi connectivity index (χ1n) is 6.72. The van der Waals surface area contributed by atoms with E-state index in [1.165, 1.54) is 5.69 Å². The summed E-state index contributed by atoms with van der Waals surface area (Å²) in [6, 6.07) is 6.70. The van der Waals surface area contributed by atoms with E-state index in [2.05, 4.69) is 32.4 Å². The third-order valence-corrected chi connectivity index (χ3v) is 3.59. The number of nitrogens with one attached hydrogen (secondary N) is 1. The lowest BCUT2D eigenvalue weighted by molar-refractivity contribution is 0.524. The van der Waals surface area contributed by atoms with Gasteiger partial charge in [0.25, 0.3) is 0 Å². The molecule has 0 aliphatic carbocycles. The van der Waals surface area contributed by atoms with Crippen molar-refractivity contribution >= 4 is 11.5 Å². The molecule has 3 rings (SSSR count). The van der Waals surface area contributed by atoms with Gasteiger partial charge in [-0.15, -0.1) is 0 Å². The van der Waals surface area contributed by atoms with Crippen molar-refractivity contribution in [2.45, 2.75) is 18.9 Å². The molecule has 0 unspecified atom stereocenters. The SMILES string of the molecule is Cn1ccc(NC2CCN(c3ccncc3)CC2)n1. The maximum Gasteiger partial charge on any atom is 0.148 e. The highest BCUT2D eigenvalue weighted by molar-refractivity contribution is 5.45. The maximum absolute atomic E-state index is 4.37. The average molecular weight is 257 g/mol. The second-order valence-electron chi connectivity index (χ2n) is 4.99. The van der Waals surface area contributed by atoms with E-state index in [4.69, 9.17) is 0 Å². The van der Waals surface area contributed by atoms with Crippen LogP contribution >= 0.6 is 0 Å². The van der Waals surface area contributed by atoms with E-state index >= 15 is 0 Å². The molecule has 0 spiro atoms. The molecular weight excluding hydrogens is 238 g/mol. The Balaban J connectivity index is 1.55. The van der Waals surface area contributed by atoms with Crippen LogP contribution in [0.25, 0.3) is 0 Å². The molecule has 1 fully saturated rings. The van der Waals surface area contributed by atoms with Crippen LogP contribution in [0.2, 0.25) is 0 Å². The van der Waals surface area contributed by atoms with E-state index in [1.54, 1.807) is 0 Å². The number of rotatable bonds is 3. The Labute approximate surface area is 113 Å². The zero-order valence-corrected chi connectivity index (χ0v) is 11.2. The Morgan fingerprint density at radius 2 is 1.89 bits per heavy atom. The van der Waals surface area contributed by atoms with E-state index in [1.807, 2.05) is 36.4 Å². The first-order valence-corrected chi connectivity index (χ1v) is 6.72. The van der Waals surface area contributed by atoms with Crippen LogP contribution in [0.3, 0.4) is 0 Å². The molecule has 2 aromatic heterocycles. The first kappa shape index (κ1) is 12.0. The van der Waals surface area contributed by atoms with Crippen LogP contribution in [0.15, 0.2) is 36.8 Å². The minimum absolute atomic E-state index is 0.521. The van der Waals surface area contributed by atoms with Gasteiger partial charge in [0, 0.05) is 56.5 Å². The molecule has 2 aromatic rings. The van der Waals surface area contributed by atoms with Gasteiger partial charge in [-0.1, -0.05) is 0 Å². The van der Waals surface area contributed by atoms with Crippen molar-refractivity contribution in [3.8, 4) is 0 Å². The summed E-state index contributed by atoms with van der Waals surface area (Å²) >= 11 is 0. The highest BCUT2D eigenvalue weighted by Crippen LogP contribution is 2.20. The van der Waals surface area contributed by atoms with Gasteiger partial charge in [-0.2, -0.15) is 5.10 Å². The van der Waals surface area contributed by atoms with E-state index < -0.39 is 0 Å². The summed E-state index contributed by atoms with van der Waals surface area (Å²) < 4.78 is 1.83. The number of hydrogen-bond acceptors (Lipinski definition) is 4. The summed E-state index contributed by atoms with van der Waals surface area (Å²) in [6.45, 7) is 2.16. The molecule has 19 heavy (non-hydrogen) atoms. The van der Waals surface area contributed by atoms with Crippen molar-refractivity contribution in [3.63, 3.8) is 0 Å². The molecule has 1 aliphatic heterocycles. The minimum Gasteiger partial charge on any atom is -0.371 e. The third-order valence-electron chi connectivity index (χ3n) is 3.59. The van der Waals surface area contributed by atoms with E-state index in [0.717, 1.165) is 31.7 Å². The van der Waals surface area contributed by atoms with E-state index in [-0.39, 0.29) is 0 Å². The van der Waals surface area contributed by atoms with Gasteiger partial charge in [0.1, 0.15) is 5.82 Å². The predicted molar refractivity (Wildman–Crippen MR) is 76.3 cm³/mol. The molecule has 3 heterocycles. The van der Waals surface area contributed by atoms with Crippen LogP contribution in [0.4, 0.5) is 11.5 Å². The topological polar surface area (TPSA) is 46.0 Å². The van der Waals surface area contributed by atoms with Crippen LogP contribution in [-0.2, 0) is 7.05 Å². The van der Waals surface area contributed by atoms with Crippen LogP contribution in [0, 0.1) is 0 Å². The fourth-order valence-corrected chi connectivity index (χ4v) is 2.54. The zero-order valence-electron chi connectivity index (χ0n) is 11.2. The summed E-state index contributed by atoms with van der Waals surface area (Å²) in [6.07, 6.45) is 7.95. The third kappa shape index (κ3) is 2.86. The van der Waals surface area contributed by atoms with Gasteiger partial charge in [-0.25, -0.2) is 0 Å². The molecule has 5 heteroatoms. The molecule has 5 nitrogen and oxygen atoms in total. The van der Waals surface area contributed by atoms with Crippen LogP contribution in [0.1, 0.15) is 12.8 Å². The average Bonchev–Trinajstić information content (AvgIpc) is 2.86. The molecule has 0 aromatic carbocycles. The van der Waals surface area contributed by atoms with Crippen molar-refractivity contribution in [1.29, 1.82) is 0 Å².